The number of rotatable bonds is 3. The average molecular weight is 320 g/mol. The van der Waals surface area contributed by atoms with Gasteiger partial charge in [-0.1, -0.05) is 6.92 Å². The number of aryl methyl sites for hydroxylation is 1. The Morgan fingerprint density at radius 3 is 3.04 bits per heavy atom. The van der Waals surface area contributed by atoms with Gasteiger partial charge < -0.3 is 14.5 Å². The maximum atomic E-state index is 12.8. The zero-order chi connectivity index (χ0) is 16.4. The van der Waals surface area contributed by atoms with E-state index in [0.717, 1.165) is 19.4 Å². The Hall–Kier alpha value is -1.89. The van der Waals surface area contributed by atoms with Crippen LogP contribution in [0.15, 0.2) is 12.3 Å². The van der Waals surface area contributed by atoms with Gasteiger partial charge in [0.2, 0.25) is 5.91 Å². The highest BCUT2D eigenvalue weighted by Gasteiger charge is 2.43. The minimum atomic E-state index is -0.147. The SMILES string of the molecule is CCCn1nccc1C(=O)N1CCC2(COCC(=O)N(C)C2)C1. The van der Waals surface area contributed by atoms with Crippen LogP contribution in [0.2, 0.25) is 0 Å². The molecule has 23 heavy (non-hydrogen) atoms. The Bertz CT molecular complexity index is 600. The molecular formula is C16H24N4O3. The van der Waals surface area contributed by atoms with Gasteiger partial charge in [0.1, 0.15) is 12.3 Å². The van der Waals surface area contributed by atoms with Crippen LogP contribution in [0.4, 0.5) is 0 Å². The minimum absolute atomic E-state index is 0.00711. The van der Waals surface area contributed by atoms with Gasteiger partial charge in [-0.05, 0) is 18.9 Å². The maximum Gasteiger partial charge on any atom is 0.272 e. The van der Waals surface area contributed by atoms with Crippen molar-refractivity contribution in [2.24, 2.45) is 5.41 Å². The van der Waals surface area contributed by atoms with Crippen molar-refractivity contribution in [2.45, 2.75) is 26.3 Å². The number of likely N-dealkylation sites (tertiary alicyclic amines) is 1. The molecule has 3 heterocycles. The van der Waals surface area contributed by atoms with Gasteiger partial charge in [-0.2, -0.15) is 5.10 Å². The van der Waals surface area contributed by atoms with Gasteiger partial charge in [0.15, 0.2) is 0 Å². The van der Waals surface area contributed by atoms with Crippen LogP contribution in [0.5, 0.6) is 0 Å². The predicted molar refractivity (Wildman–Crippen MR) is 83.9 cm³/mol. The highest BCUT2D eigenvalue weighted by atomic mass is 16.5. The topological polar surface area (TPSA) is 67.7 Å². The maximum absolute atomic E-state index is 12.8. The molecule has 1 unspecified atom stereocenters. The van der Waals surface area contributed by atoms with Gasteiger partial charge >= 0.3 is 0 Å². The number of hydrogen-bond donors (Lipinski definition) is 0. The Morgan fingerprint density at radius 2 is 2.26 bits per heavy atom. The minimum Gasteiger partial charge on any atom is -0.371 e. The third-order valence-electron chi connectivity index (χ3n) is 4.73. The van der Waals surface area contributed by atoms with Crippen molar-refractivity contribution in [3.05, 3.63) is 18.0 Å². The fourth-order valence-corrected chi connectivity index (χ4v) is 3.52. The van der Waals surface area contributed by atoms with Gasteiger partial charge in [-0.3, -0.25) is 14.3 Å². The highest BCUT2D eigenvalue weighted by molar-refractivity contribution is 5.92. The molecule has 2 saturated heterocycles. The molecule has 1 spiro atoms. The van der Waals surface area contributed by atoms with Gasteiger partial charge in [0.05, 0.1) is 6.61 Å². The van der Waals surface area contributed by atoms with Gasteiger partial charge in [-0.15, -0.1) is 0 Å². The normalized spacial score (nSPS) is 25.2. The summed E-state index contributed by atoms with van der Waals surface area (Å²) in [6.07, 6.45) is 3.47. The first kappa shape index (κ1) is 16.0. The van der Waals surface area contributed by atoms with Crippen LogP contribution in [-0.4, -0.2) is 71.3 Å². The monoisotopic (exact) mass is 320 g/mol. The smallest absolute Gasteiger partial charge is 0.272 e. The van der Waals surface area contributed by atoms with Crippen LogP contribution >= 0.6 is 0 Å². The van der Waals surface area contributed by atoms with Crippen LogP contribution in [0.25, 0.3) is 0 Å². The quantitative estimate of drug-likeness (QED) is 0.818. The Morgan fingerprint density at radius 1 is 1.43 bits per heavy atom. The van der Waals surface area contributed by atoms with Crippen molar-refractivity contribution >= 4 is 11.8 Å². The summed E-state index contributed by atoms with van der Waals surface area (Å²) in [7, 11) is 1.81. The van der Waals surface area contributed by atoms with Gasteiger partial charge in [-0.25, -0.2) is 0 Å². The number of carbonyl (C=O) groups is 2. The molecule has 2 amide bonds. The highest BCUT2D eigenvalue weighted by Crippen LogP contribution is 2.34. The lowest BCUT2D eigenvalue weighted by atomic mass is 9.88. The number of ether oxygens (including phenoxy) is 1. The molecule has 0 bridgehead atoms. The molecule has 2 fully saturated rings. The molecule has 0 aromatic carbocycles. The van der Waals surface area contributed by atoms with E-state index in [9.17, 15) is 9.59 Å². The molecule has 0 saturated carbocycles. The molecule has 2 aliphatic rings. The summed E-state index contributed by atoms with van der Waals surface area (Å²) in [5, 5.41) is 4.23. The van der Waals surface area contributed by atoms with E-state index in [-0.39, 0.29) is 23.8 Å². The molecule has 7 heteroatoms. The van der Waals surface area contributed by atoms with Gasteiger partial charge in [0.25, 0.3) is 5.91 Å². The number of amides is 2. The van der Waals surface area contributed by atoms with E-state index in [4.69, 9.17) is 4.74 Å². The summed E-state index contributed by atoms with van der Waals surface area (Å²) >= 11 is 0. The predicted octanol–water partition coefficient (Wildman–Crippen LogP) is 0.614. The number of nitrogens with zero attached hydrogens (tertiary/aromatic N) is 4. The lowest BCUT2D eigenvalue weighted by molar-refractivity contribution is -0.132. The number of hydrogen-bond acceptors (Lipinski definition) is 4. The summed E-state index contributed by atoms with van der Waals surface area (Å²) in [5.41, 5.74) is 0.495. The van der Waals surface area contributed by atoms with E-state index in [1.165, 1.54) is 0 Å². The molecule has 1 aromatic heterocycles. The lowest BCUT2D eigenvalue weighted by Crippen LogP contribution is -2.41. The summed E-state index contributed by atoms with van der Waals surface area (Å²) in [5.74, 6) is 0.0266. The first-order valence-corrected chi connectivity index (χ1v) is 8.17. The Balaban J connectivity index is 1.72. The molecule has 0 aliphatic carbocycles. The van der Waals surface area contributed by atoms with E-state index in [2.05, 4.69) is 12.0 Å². The molecule has 3 rings (SSSR count). The second-order valence-electron chi connectivity index (χ2n) is 6.66. The lowest BCUT2D eigenvalue weighted by Gasteiger charge is -2.29. The summed E-state index contributed by atoms with van der Waals surface area (Å²) in [4.78, 5) is 28.2. The second-order valence-corrected chi connectivity index (χ2v) is 6.66. The van der Waals surface area contributed by atoms with Crippen molar-refractivity contribution < 1.29 is 14.3 Å². The van der Waals surface area contributed by atoms with Gasteiger partial charge in [0, 0.05) is 44.8 Å². The van der Waals surface area contributed by atoms with Crippen LogP contribution in [0, 0.1) is 5.41 Å². The number of likely N-dealkylation sites (N-methyl/N-ethyl adjacent to an activating group) is 1. The largest absolute Gasteiger partial charge is 0.371 e. The Kier molecular flexibility index (Phi) is 4.39. The first-order chi connectivity index (χ1) is 11.0. The molecule has 126 valence electrons. The molecule has 7 nitrogen and oxygen atoms in total. The van der Waals surface area contributed by atoms with E-state index < -0.39 is 0 Å². The third kappa shape index (κ3) is 3.10. The van der Waals surface area contributed by atoms with Crippen molar-refractivity contribution in [2.75, 3.05) is 39.9 Å². The summed E-state index contributed by atoms with van der Waals surface area (Å²) < 4.78 is 7.32. The van der Waals surface area contributed by atoms with E-state index >= 15 is 0 Å². The van der Waals surface area contributed by atoms with Crippen LogP contribution in [0.1, 0.15) is 30.3 Å². The van der Waals surface area contributed by atoms with E-state index in [0.29, 0.717) is 31.9 Å². The molecule has 0 N–H and O–H groups in total. The average Bonchev–Trinajstić information content (AvgIpc) is 3.11. The zero-order valence-electron chi connectivity index (χ0n) is 13.8. The van der Waals surface area contributed by atoms with Crippen LogP contribution in [-0.2, 0) is 16.1 Å². The molecular weight excluding hydrogens is 296 g/mol. The standard InChI is InChI=1S/C16H24N4O3/c1-3-7-20-13(4-6-17-20)15(22)19-8-5-16(11-19)10-18(2)14(21)9-23-12-16/h4,6H,3,5,7-12H2,1-2H3. The van der Waals surface area contributed by atoms with Crippen LogP contribution in [0.3, 0.4) is 0 Å². The van der Waals surface area contributed by atoms with E-state index in [1.54, 1.807) is 28.9 Å². The summed E-state index contributed by atoms with van der Waals surface area (Å²) in [6.45, 7) is 5.44. The molecule has 1 aromatic rings. The van der Waals surface area contributed by atoms with Crippen molar-refractivity contribution in [3.63, 3.8) is 0 Å². The van der Waals surface area contributed by atoms with Crippen LogP contribution < -0.4 is 0 Å². The fraction of sp³-hybridized carbons (Fsp3) is 0.688. The Labute approximate surface area is 136 Å². The molecule has 1 atom stereocenters. The van der Waals surface area contributed by atoms with Crippen molar-refractivity contribution in [3.8, 4) is 0 Å². The van der Waals surface area contributed by atoms with E-state index in [1.807, 2.05) is 4.90 Å². The first-order valence-electron chi connectivity index (χ1n) is 8.17. The molecule has 0 radical (unpaired) electrons. The van der Waals surface area contributed by atoms with Crippen molar-refractivity contribution in [1.29, 1.82) is 0 Å². The second kappa shape index (κ2) is 6.31. The number of aromatic nitrogens is 2. The third-order valence-corrected chi connectivity index (χ3v) is 4.73. The fourth-order valence-electron chi connectivity index (χ4n) is 3.52. The zero-order valence-corrected chi connectivity index (χ0v) is 13.8. The number of carbonyl (C=O) groups excluding carboxylic acids is 2. The molecule has 2 aliphatic heterocycles. The summed E-state index contributed by atoms with van der Waals surface area (Å²) in [6, 6.07) is 1.78. The van der Waals surface area contributed by atoms with Crippen molar-refractivity contribution in [1.82, 2.24) is 19.6 Å².